The molecule has 2 aromatic carbocycles. The van der Waals surface area contributed by atoms with E-state index in [1.165, 1.54) is 0 Å². The van der Waals surface area contributed by atoms with Crippen molar-refractivity contribution in [3.63, 3.8) is 0 Å². The van der Waals surface area contributed by atoms with Crippen LogP contribution < -0.4 is 5.32 Å². The molecule has 1 heterocycles. The summed E-state index contributed by atoms with van der Waals surface area (Å²) in [7, 11) is 0. The standard InChI is InChI=1S/C22H25N3O2/c1-16-17(2)25(15-24-16)13-12-23-22(27)21(19-6-4-3-5-7-19)14-18-8-10-20(26)11-9-18/h3-11,15,21,26H,12-14H2,1-2H3,(H,23,27). The average molecular weight is 363 g/mol. The van der Waals surface area contributed by atoms with Crippen LogP contribution in [0.4, 0.5) is 0 Å². The molecule has 140 valence electrons. The number of amides is 1. The Balaban J connectivity index is 1.68. The summed E-state index contributed by atoms with van der Waals surface area (Å²) in [6.07, 6.45) is 2.39. The molecule has 0 saturated heterocycles. The van der Waals surface area contributed by atoms with Crippen LogP contribution in [0.25, 0.3) is 0 Å². The normalized spacial score (nSPS) is 11.9. The molecule has 0 saturated carbocycles. The molecule has 0 spiro atoms. The van der Waals surface area contributed by atoms with E-state index in [9.17, 15) is 9.90 Å². The van der Waals surface area contributed by atoms with Crippen LogP contribution in [0.3, 0.4) is 0 Å². The predicted octanol–water partition coefficient (Wildman–Crippen LogP) is 3.35. The Bertz CT molecular complexity index is 886. The van der Waals surface area contributed by atoms with Gasteiger partial charge in [-0.25, -0.2) is 4.98 Å². The van der Waals surface area contributed by atoms with Crippen LogP contribution >= 0.6 is 0 Å². The van der Waals surface area contributed by atoms with Crippen molar-refractivity contribution in [3.8, 4) is 5.75 Å². The molecule has 0 aliphatic carbocycles. The molecule has 0 bridgehead atoms. The van der Waals surface area contributed by atoms with Gasteiger partial charge in [0.05, 0.1) is 17.9 Å². The van der Waals surface area contributed by atoms with Crippen molar-refractivity contribution in [3.05, 3.63) is 83.4 Å². The Morgan fingerprint density at radius 1 is 1.11 bits per heavy atom. The maximum atomic E-state index is 12.9. The topological polar surface area (TPSA) is 67.2 Å². The van der Waals surface area contributed by atoms with Crippen molar-refractivity contribution in [2.45, 2.75) is 32.7 Å². The van der Waals surface area contributed by atoms with Crippen LogP contribution in [0.15, 0.2) is 60.9 Å². The lowest BCUT2D eigenvalue weighted by molar-refractivity contribution is -0.122. The number of benzene rings is 2. The molecule has 1 atom stereocenters. The third-order valence-electron chi connectivity index (χ3n) is 4.89. The van der Waals surface area contributed by atoms with Crippen LogP contribution in [-0.4, -0.2) is 27.1 Å². The number of nitrogens with one attached hydrogen (secondary N) is 1. The number of aromatic hydroxyl groups is 1. The number of hydrogen-bond donors (Lipinski definition) is 2. The van der Waals surface area contributed by atoms with Crippen LogP contribution in [0.2, 0.25) is 0 Å². The van der Waals surface area contributed by atoms with Crippen LogP contribution in [0, 0.1) is 13.8 Å². The monoisotopic (exact) mass is 363 g/mol. The Morgan fingerprint density at radius 2 is 1.81 bits per heavy atom. The number of phenols is 1. The first-order valence-electron chi connectivity index (χ1n) is 9.13. The van der Waals surface area contributed by atoms with Gasteiger partial charge in [-0.15, -0.1) is 0 Å². The zero-order valence-corrected chi connectivity index (χ0v) is 15.7. The lowest BCUT2D eigenvalue weighted by atomic mass is 9.91. The summed E-state index contributed by atoms with van der Waals surface area (Å²) in [6, 6.07) is 16.8. The Kier molecular flexibility index (Phi) is 5.91. The number of carbonyl (C=O) groups excluding carboxylic acids is 1. The molecule has 3 rings (SSSR count). The average Bonchev–Trinajstić information content (AvgIpc) is 3.00. The molecule has 1 aromatic heterocycles. The van der Waals surface area contributed by atoms with Crippen LogP contribution in [0.5, 0.6) is 5.75 Å². The van der Waals surface area contributed by atoms with Gasteiger partial charge >= 0.3 is 0 Å². The lowest BCUT2D eigenvalue weighted by Gasteiger charge is -2.18. The van der Waals surface area contributed by atoms with Gasteiger partial charge in [0.1, 0.15) is 5.75 Å². The predicted molar refractivity (Wildman–Crippen MR) is 106 cm³/mol. The SMILES string of the molecule is Cc1ncn(CCNC(=O)C(Cc2ccc(O)cc2)c2ccccc2)c1C. The summed E-state index contributed by atoms with van der Waals surface area (Å²) in [5.41, 5.74) is 4.12. The number of hydrogen-bond acceptors (Lipinski definition) is 3. The summed E-state index contributed by atoms with van der Waals surface area (Å²) in [5.74, 6) is -0.0458. The fourth-order valence-corrected chi connectivity index (χ4v) is 3.11. The summed E-state index contributed by atoms with van der Waals surface area (Å²) in [4.78, 5) is 17.2. The smallest absolute Gasteiger partial charge is 0.227 e. The van der Waals surface area contributed by atoms with E-state index in [1.54, 1.807) is 12.1 Å². The van der Waals surface area contributed by atoms with Crippen molar-refractivity contribution >= 4 is 5.91 Å². The molecule has 0 aliphatic heterocycles. The molecule has 5 nitrogen and oxygen atoms in total. The molecule has 0 aliphatic rings. The van der Waals surface area contributed by atoms with Crippen molar-refractivity contribution in [1.82, 2.24) is 14.9 Å². The van der Waals surface area contributed by atoms with E-state index in [1.807, 2.05) is 67.2 Å². The Morgan fingerprint density at radius 3 is 2.44 bits per heavy atom. The Labute approximate surface area is 159 Å². The van der Waals surface area contributed by atoms with Crippen molar-refractivity contribution in [2.75, 3.05) is 6.54 Å². The number of rotatable bonds is 7. The highest BCUT2D eigenvalue weighted by atomic mass is 16.3. The minimum absolute atomic E-state index is 0.00349. The number of phenolic OH excluding ortho intramolecular Hbond substituents is 1. The van der Waals surface area contributed by atoms with Crippen molar-refractivity contribution < 1.29 is 9.90 Å². The minimum Gasteiger partial charge on any atom is -0.508 e. The van der Waals surface area contributed by atoms with E-state index >= 15 is 0 Å². The van der Waals surface area contributed by atoms with Gasteiger partial charge in [0, 0.05) is 18.8 Å². The first-order valence-corrected chi connectivity index (χ1v) is 9.13. The molecule has 0 radical (unpaired) electrons. The fraction of sp³-hybridized carbons (Fsp3) is 0.273. The molecular weight excluding hydrogens is 338 g/mol. The summed E-state index contributed by atoms with van der Waals surface area (Å²) < 4.78 is 2.05. The van der Waals surface area contributed by atoms with Gasteiger partial charge in [-0.2, -0.15) is 0 Å². The van der Waals surface area contributed by atoms with Gasteiger partial charge in [0.2, 0.25) is 5.91 Å². The van der Waals surface area contributed by atoms with E-state index in [2.05, 4.69) is 10.3 Å². The maximum absolute atomic E-state index is 12.9. The van der Waals surface area contributed by atoms with Crippen LogP contribution in [-0.2, 0) is 17.8 Å². The summed E-state index contributed by atoms with van der Waals surface area (Å²) >= 11 is 0. The van der Waals surface area contributed by atoms with Gasteiger partial charge in [-0.3, -0.25) is 4.79 Å². The number of aromatic nitrogens is 2. The molecule has 1 amide bonds. The molecule has 5 heteroatoms. The van der Waals surface area contributed by atoms with Crippen LogP contribution in [0.1, 0.15) is 28.4 Å². The molecule has 3 aromatic rings. The Hall–Kier alpha value is -3.08. The van der Waals surface area contributed by atoms with E-state index < -0.39 is 0 Å². The minimum atomic E-state index is -0.277. The second kappa shape index (κ2) is 8.54. The van der Waals surface area contributed by atoms with Crippen molar-refractivity contribution in [1.29, 1.82) is 0 Å². The lowest BCUT2D eigenvalue weighted by Crippen LogP contribution is -2.33. The highest BCUT2D eigenvalue weighted by Crippen LogP contribution is 2.22. The number of nitrogens with zero attached hydrogens (tertiary/aromatic N) is 2. The van der Waals surface area contributed by atoms with Gasteiger partial charge < -0.3 is 15.0 Å². The third-order valence-corrected chi connectivity index (χ3v) is 4.89. The fourth-order valence-electron chi connectivity index (χ4n) is 3.11. The highest BCUT2D eigenvalue weighted by molar-refractivity contribution is 5.84. The summed E-state index contributed by atoms with van der Waals surface area (Å²) in [5, 5.41) is 12.5. The molecule has 27 heavy (non-hydrogen) atoms. The quantitative estimate of drug-likeness (QED) is 0.676. The molecular formula is C22H25N3O2. The van der Waals surface area contributed by atoms with Gasteiger partial charge in [0.15, 0.2) is 0 Å². The largest absolute Gasteiger partial charge is 0.508 e. The highest BCUT2D eigenvalue weighted by Gasteiger charge is 2.20. The number of imidazole rings is 1. The molecule has 1 unspecified atom stereocenters. The van der Waals surface area contributed by atoms with Gasteiger partial charge in [-0.1, -0.05) is 42.5 Å². The second-order valence-corrected chi connectivity index (χ2v) is 6.73. The molecule has 2 N–H and O–H groups in total. The van der Waals surface area contributed by atoms with E-state index in [-0.39, 0.29) is 17.6 Å². The molecule has 0 fully saturated rings. The zero-order chi connectivity index (χ0) is 19.2. The first kappa shape index (κ1) is 18.7. The van der Waals surface area contributed by atoms with Gasteiger partial charge in [-0.05, 0) is 43.5 Å². The number of aryl methyl sites for hydroxylation is 1. The maximum Gasteiger partial charge on any atom is 0.227 e. The van der Waals surface area contributed by atoms with E-state index in [4.69, 9.17) is 0 Å². The van der Waals surface area contributed by atoms with E-state index in [0.717, 1.165) is 22.5 Å². The first-order chi connectivity index (χ1) is 13.0. The summed E-state index contributed by atoms with van der Waals surface area (Å²) in [6.45, 7) is 5.25. The number of carbonyl (C=O) groups is 1. The van der Waals surface area contributed by atoms with E-state index in [0.29, 0.717) is 19.5 Å². The zero-order valence-electron chi connectivity index (χ0n) is 15.7. The van der Waals surface area contributed by atoms with Gasteiger partial charge in [0.25, 0.3) is 0 Å². The van der Waals surface area contributed by atoms with Crippen molar-refractivity contribution in [2.24, 2.45) is 0 Å². The third kappa shape index (κ3) is 4.76. The second-order valence-electron chi connectivity index (χ2n) is 6.73.